The van der Waals surface area contributed by atoms with Gasteiger partial charge >= 0.3 is 0 Å². The molecule has 0 radical (unpaired) electrons. The number of nitrogens with two attached hydrogens (primary N) is 1. The monoisotopic (exact) mass is 182 g/mol. The van der Waals surface area contributed by atoms with Crippen molar-refractivity contribution in [1.82, 2.24) is 4.90 Å². The Morgan fingerprint density at radius 1 is 1.54 bits per heavy atom. The fourth-order valence-corrected chi connectivity index (χ4v) is 2.17. The molecule has 0 bridgehead atoms. The summed E-state index contributed by atoms with van der Waals surface area (Å²) in [6.07, 6.45) is 3.92. The summed E-state index contributed by atoms with van der Waals surface area (Å²) in [5, 5.41) is 0. The lowest BCUT2D eigenvalue weighted by Crippen LogP contribution is -2.36. The molecule has 76 valence electrons. The molecule has 1 heterocycles. The van der Waals surface area contributed by atoms with Crippen LogP contribution in [0.1, 0.15) is 33.1 Å². The standard InChI is InChI=1S/C11H22N2/c1-4-11-6-5-10(3)13(11)8-9(2)7-12/h10-11H,2,4-8,12H2,1,3H3. The van der Waals surface area contributed by atoms with Crippen molar-refractivity contribution >= 4 is 0 Å². The Morgan fingerprint density at radius 3 is 2.77 bits per heavy atom. The largest absolute Gasteiger partial charge is 0.327 e. The molecule has 0 spiro atoms. The van der Waals surface area contributed by atoms with Gasteiger partial charge in [0.25, 0.3) is 0 Å². The van der Waals surface area contributed by atoms with E-state index in [0.717, 1.165) is 18.2 Å². The summed E-state index contributed by atoms with van der Waals surface area (Å²) in [5.41, 5.74) is 6.72. The number of hydrogen-bond donors (Lipinski definition) is 1. The normalized spacial score (nSPS) is 29.5. The summed E-state index contributed by atoms with van der Waals surface area (Å²) in [6, 6.07) is 1.48. The molecule has 1 rings (SSSR count). The topological polar surface area (TPSA) is 29.3 Å². The second-order valence-corrected chi connectivity index (χ2v) is 4.11. The third kappa shape index (κ3) is 2.55. The Kier molecular flexibility index (Phi) is 3.94. The lowest BCUT2D eigenvalue weighted by atomic mass is 10.1. The summed E-state index contributed by atoms with van der Waals surface area (Å²) in [5.74, 6) is 0. The molecule has 1 fully saturated rings. The van der Waals surface area contributed by atoms with Gasteiger partial charge < -0.3 is 5.73 Å². The van der Waals surface area contributed by atoms with Crippen LogP contribution in [0.5, 0.6) is 0 Å². The van der Waals surface area contributed by atoms with Crippen molar-refractivity contribution in [3.63, 3.8) is 0 Å². The molecule has 1 aliphatic rings. The Morgan fingerprint density at radius 2 is 2.23 bits per heavy atom. The van der Waals surface area contributed by atoms with E-state index in [9.17, 15) is 0 Å². The summed E-state index contributed by atoms with van der Waals surface area (Å²) in [4.78, 5) is 2.55. The van der Waals surface area contributed by atoms with Crippen molar-refractivity contribution in [3.05, 3.63) is 12.2 Å². The highest BCUT2D eigenvalue weighted by molar-refractivity contribution is 5.02. The SMILES string of the molecule is C=C(CN)CN1C(C)CCC1CC. The molecule has 2 nitrogen and oxygen atoms in total. The van der Waals surface area contributed by atoms with Gasteiger partial charge in [0, 0.05) is 25.2 Å². The lowest BCUT2D eigenvalue weighted by molar-refractivity contribution is 0.216. The molecule has 2 unspecified atom stereocenters. The van der Waals surface area contributed by atoms with Gasteiger partial charge in [-0.3, -0.25) is 4.90 Å². The molecule has 0 aromatic rings. The smallest absolute Gasteiger partial charge is 0.0208 e. The van der Waals surface area contributed by atoms with Crippen molar-refractivity contribution in [1.29, 1.82) is 0 Å². The second kappa shape index (κ2) is 4.77. The molecule has 0 aromatic carbocycles. The van der Waals surface area contributed by atoms with E-state index in [2.05, 4.69) is 25.3 Å². The lowest BCUT2D eigenvalue weighted by Gasteiger charge is -2.28. The van der Waals surface area contributed by atoms with Crippen molar-refractivity contribution in [2.45, 2.75) is 45.2 Å². The highest BCUT2D eigenvalue weighted by Crippen LogP contribution is 2.26. The Labute approximate surface area is 81.8 Å². The summed E-state index contributed by atoms with van der Waals surface area (Å²) in [6.45, 7) is 10.2. The van der Waals surface area contributed by atoms with E-state index in [4.69, 9.17) is 5.73 Å². The first-order chi connectivity index (χ1) is 6.19. The number of hydrogen-bond acceptors (Lipinski definition) is 2. The van der Waals surface area contributed by atoms with E-state index in [0.29, 0.717) is 12.6 Å². The van der Waals surface area contributed by atoms with Gasteiger partial charge in [-0.15, -0.1) is 0 Å². The van der Waals surface area contributed by atoms with Crippen molar-refractivity contribution in [3.8, 4) is 0 Å². The van der Waals surface area contributed by atoms with Gasteiger partial charge in [0.2, 0.25) is 0 Å². The Hall–Kier alpha value is -0.340. The predicted octanol–water partition coefficient (Wildman–Crippen LogP) is 1.76. The predicted molar refractivity (Wildman–Crippen MR) is 57.7 cm³/mol. The van der Waals surface area contributed by atoms with Crippen LogP contribution in [0.25, 0.3) is 0 Å². The average molecular weight is 182 g/mol. The molecule has 0 saturated carbocycles. The van der Waals surface area contributed by atoms with Crippen LogP contribution >= 0.6 is 0 Å². The fraction of sp³-hybridized carbons (Fsp3) is 0.818. The van der Waals surface area contributed by atoms with Gasteiger partial charge in [-0.1, -0.05) is 13.5 Å². The zero-order valence-electron chi connectivity index (χ0n) is 8.92. The number of nitrogens with zero attached hydrogens (tertiary/aromatic N) is 1. The van der Waals surface area contributed by atoms with Gasteiger partial charge in [-0.05, 0) is 31.8 Å². The van der Waals surface area contributed by atoms with Gasteiger partial charge in [0.05, 0.1) is 0 Å². The second-order valence-electron chi connectivity index (χ2n) is 4.11. The molecule has 2 N–H and O–H groups in total. The zero-order chi connectivity index (χ0) is 9.84. The van der Waals surface area contributed by atoms with Gasteiger partial charge in [-0.2, -0.15) is 0 Å². The average Bonchev–Trinajstić information content (AvgIpc) is 2.48. The third-order valence-electron chi connectivity index (χ3n) is 3.12. The minimum atomic E-state index is 0.625. The van der Waals surface area contributed by atoms with Crippen LogP contribution in [-0.4, -0.2) is 30.1 Å². The number of rotatable bonds is 4. The van der Waals surface area contributed by atoms with E-state index in [1.165, 1.54) is 19.3 Å². The molecule has 2 atom stereocenters. The highest BCUT2D eigenvalue weighted by Gasteiger charge is 2.28. The van der Waals surface area contributed by atoms with Gasteiger partial charge in [0.15, 0.2) is 0 Å². The fourth-order valence-electron chi connectivity index (χ4n) is 2.17. The number of likely N-dealkylation sites (tertiary alicyclic amines) is 1. The quantitative estimate of drug-likeness (QED) is 0.671. The van der Waals surface area contributed by atoms with Crippen LogP contribution in [0, 0.1) is 0 Å². The van der Waals surface area contributed by atoms with E-state index in [-0.39, 0.29) is 0 Å². The molecular weight excluding hydrogens is 160 g/mol. The highest BCUT2D eigenvalue weighted by atomic mass is 15.2. The molecule has 0 aliphatic carbocycles. The van der Waals surface area contributed by atoms with E-state index in [1.54, 1.807) is 0 Å². The minimum absolute atomic E-state index is 0.625. The Balaban J connectivity index is 2.49. The van der Waals surface area contributed by atoms with Crippen LogP contribution < -0.4 is 5.73 Å². The van der Waals surface area contributed by atoms with Crippen LogP contribution in [0.15, 0.2) is 12.2 Å². The molecule has 13 heavy (non-hydrogen) atoms. The van der Waals surface area contributed by atoms with Crippen LogP contribution in [0.2, 0.25) is 0 Å². The molecule has 1 saturated heterocycles. The van der Waals surface area contributed by atoms with Crippen molar-refractivity contribution < 1.29 is 0 Å². The maximum Gasteiger partial charge on any atom is 0.0208 e. The van der Waals surface area contributed by atoms with Crippen molar-refractivity contribution in [2.75, 3.05) is 13.1 Å². The first-order valence-electron chi connectivity index (χ1n) is 5.31. The van der Waals surface area contributed by atoms with Gasteiger partial charge in [-0.25, -0.2) is 0 Å². The molecule has 1 aliphatic heterocycles. The summed E-state index contributed by atoms with van der Waals surface area (Å²) in [7, 11) is 0. The van der Waals surface area contributed by atoms with Gasteiger partial charge in [0.1, 0.15) is 0 Å². The van der Waals surface area contributed by atoms with Crippen LogP contribution in [-0.2, 0) is 0 Å². The van der Waals surface area contributed by atoms with E-state index in [1.807, 2.05) is 0 Å². The summed E-state index contributed by atoms with van der Waals surface area (Å²) < 4.78 is 0. The van der Waals surface area contributed by atoms with Crippen LogP contribution in [0.4, 0.5) is 0 Å². The molecule has 2 heteroatoms. The first kappa shape index (κ1) is 10.7. The van der Waals surface area contributed by atoms with Crippen molar-refractivity contribution in [2.24, 2.45) is 5.73 Å². The van der Waals surface area contributed by atoms with E-state index < -0.39 is 0 Å². The molecular formula is C11H22N2. The third-order valence-corrected chi connectivity index (χ3v) is 3.12. The summed E-state index contributed by atoms with van der Waals surface area (Å²) >= 11 is 0. The maximum atomic E-state index is 5.56. The molecule has 0 aromatic heterocycles. The molecule has 0 amide bonds. The van der Waals surface area contributed by atoms with E-state index >= 15 is 0 Å². The maximum absolute atomic E-state index is 5.56. The van der Waals surface area contributed by atoms with Crippen LogP contribution in [0.3, 0.4) is 0 Å². The Bertz CT molecular complexity index is 177. The first-order valence-corrected chi connectivity index (χ1v) is 5.31. The zero-order valence-corrected chi connectivity index (χ0v) is 8.92. The minimum Gasteiger partial charge on any atom is -0.327 e.